The van der Waals surface area contributed by atoms with Crippen LogP contribution in [0.15, 0.2) is 54.6 Å². The zero-order chi connectivity index (χ0) is 17.7. The fraction of sp³-hybridized carbons (Fsp3) is 0.263. The first-order valence-electron chi connectivity index (χ1n) is 7.73. The summed E-state index contributed by atoms with van der Waals surface area (Å²) in [5, 5.41) is 9.32. The number of carboxylic acids is 1. The van der Waals surface area contributed by atoms with Gasteiger partial charge in [-0.05, 0) is 37.1 Å². The number of aliphatic carboxylic acids is 1. The van der Waals surface area contributed by atoms with Crippen LogP contribution in [0.4, 0.5) is 4.39 Å². The van der Waals surface area contributed by atoms with E-state index in [1.807, 2.05) is 30.3 Å². The Bertz CT molecular complexity index is 718. The summed E-state index contributed by atoms with van der Waals surface area (Å²) in [6.07, 6.45) is 0. The van der Waals surface area contributed by atoms with Crippen molar-refractivity contribution >= 4 is 11.9 Å². The molecular weight excluding hydrogens is 309 g/mol. The van der Waals surface area contributed by atoms with Crippen LogP contribution in [0.2, 0.25) is 0 Å². The molecule has 2 atom stereocenters. The SMILES string of the molecule is CC(C(=O)N(Cc1ccccc1)C(C)C(=O)O)c1cccc(F)c1. The van der Waals surface area contributed by atoms with Crippen LogP contribution in [-0.4, -0.2) is 27.9 Å². The van der Waals surface area contributed by atoms with Crippen molar-refractivity contribution in [2.45, 2.75) is 32.4 Å². The maximum atomic E-state index is 13.4. The molecule has 0 saturated heterocycles. The van der Waals surface area contributed by atoms with Gasteiger partial charge in [-0.2, -0.15) is 0 Å². The van der Waals surface area contributed by atoms with Gasteiger partial charge in [0.05, 0.1) is 5.92 Å². The Balaban J connectivity index is 2.28. The molecule has 0 radical (unpaired) electrons. The number of nitrogens with zero attached hydrogens (tertiary/aromatic N) is 1. The van der Waals surface area contributed by atoms with E-state index >= 15 is 0 Å². The molecule has 0 saturated carbocycles. The van der Waals surface area contributed by atoms with Crippen molar-refractivity contribution in [1.82, 2.24) is 4.90 Å². The van der Waals surface area contributed by atoms with E-state index in [1.165, 1.54) is 30.0 Å². The summed E-state index contributed by atoms with van der Waals surface area (Å²) in [5.74, 6) is -2.48. The average molecular weight is 329 g/mol. The molecule has 0 spiro atoms. The number of hydrogen-bond donors (Lipinski definition) is 1. The zero-order valence-electron chi connectivity index (χ0n) is 13.6. The van der Waals surface area contributed by atoms with Crippen molar-refractivity contribution in [2.24, 2.45) is 0 Å². The lowest BCUT2D eigenvalue weighted by molar-refractivity contribution is -0.150. The van der Waals surface area contributed by atoms with Gasteiger partial charge in [-0.3, -0.25) is 4.79 Å². The lowest BCUT2D eigenvalue weighted by Crippen LogP contribution is -2.44. The molecule has 4 nitrogen and oxygen atoms in total. The summed E-state index contributed by atoms with van der Waals surface area (Å²) in [4.78, 5) is 25.6. The number of halogens is 1. The van der Waals surface area contributed by atoms with Crippen molar-refractivity contribution in [2.75, 3.05) is 0 Å². The molecule has 2 unspecified atom stereocenters. The Kier molecular flexibility index (Phi) is 5.68. The smallest absolute Gasteiger partial charge is 0.326 e. The Hall–Kier alpha value is -2.69. The minimum atomic E-state index is -1.08. The standard InChI is InChI=1S/C19H20FNO3/c1-13(16-9-6-10-17(20)11-16)18(22)21(14(2)19(23)24)12-15-7-4-3-5-8-15/h3-11,13-14H,12H2,1-2H3,(H,23,24). The quantitative estimate of drug-likeness (QED) is 0.883. The van der Waals surface area contributed by atoms with E-state index in [0.29, 0.717) is 5.56 Å². The third kappa shape index (κ3) is 4.19. The van der Waals surface area contributed by atoms with Gasteiger partial charge in [-0.15, -0.1) is 0 Å². The molecule has 1 amide bonds. The fourth-order valence-corrected chi connectivity index (χ4v) is 2.49. The maximum absolute atomic E-state index is 13.4. The Morgan fingerprint density at radius 1 is 1.08 bits per heavy atom. The topological polar surface area (TPSA) is 57.6 Å². The summed E-state index contributed by atoms with van der Waals surface area (Å²) in [5.41, 5.74) is 1.36. The molecule has 0 bridgehead atoms. The molecule has 1 N–H and O–H groups in total. The van der Waals surface area contributed by atoms with Crippen LogP contribution in [0.3, 0.4) is 0 Å². The summed E-state index contributed by atoms with van der Waals surface area (Å²) >= 11 is 0. The second-order valence-electron chi connectivity index (χ2n) is 5.74. The Morgan fingerprint density at radius 3 is 2.33 bits per heavy atom. The van der Waals surface area contributed by atoms with E-state index in [0.717, 1.165) is 5.56 Å². The predicted octanol–water partition coefficient (Wildman–Crippen LogP) is 3.43. The van der Waals surface area contributed by atoms with Gasteiger partial charge in [0.15, 0.2) is 0 Å². The Labute approximate surface area is 140 Å². The van der Waals surface area contributed by atoms with Crippen LogP contribution in [0.25, 0.3) is 0 Å². The van der Waals surface area contributed by atoms with Gasteiger partial charge in [0.2, 0.25) is 5.91 Å². The van der Waals surface area contributed by atoms with Crippen molar-refractivity contribution in [3.63, 3.8) is 0 Å². The molecule has 126 valence electrons. The third-order valence-electron chi connectivity index (χ3n) is 4.02. The van der Waals surface area contributed by atoms with Crippen LogP contribution < -0.4 is 0 Å². The Morgan fingerprint density at radius 2 is 1.75 bits per heavy atom. The van der Waals surface area contributed by atoms with Crippen molar-refractivity contribution in [3.8, 4) is 0 Å². The van der Waals surface area contributed by atoms with Crippen LogP contribution in [0.5, 0.6) is 0 Å². The molecule has 5 heteroatoms. The molecule has 2 rings (SSSR count). The van der Waals surface area contributed by atoms with Crippen LogP contribution in [-0.2, 0) is 16.1 Å². The number of carbonyl (C=O) groups is 2. The van der Waals surface area contributed by atoms with E-state index < -0.39 is 23.7 Å². The lowest BCUT2D eigenvalue weighted by Gasteiger charge is -2.29. The minimum absolute atomic E-state index is 0.187. The van der Waals surface area contributed by atoms with Crippen molar-refractivity contribution in [3.05, 3.63) is 71.5 Å². The van der Waals surface area contributed by atoms with Gasteiger partial charge in [0, 0.05) is 6.54 Å². The van der Waals surface area contributed by atoms with E-state index in [1.54, 1.807) is 13.0 Å². The molecule has 0 fully saturated rings. The summed E-state index contributed by atoms with van der Waals surface area (Å²) < 4.78 is 13.4. The molecule has 2 aromatic rings. The normalized spacial score (nSPS) is 13.1. The molecule has 2 aromatic carbocycles. The van der Waals surface area contributed by atoms with Gasteiger partial charge in [0.25, 0.3) is 0 Å². The molecule has 24 heavy (non-hydrogen) atoms. The first kappa shape index (κ1) is 17.7. The van der Waals surface area contributed by atoms with Crippen LogP contribution >= 0.6 is 0 Å². The average Bonchev–Trinajstić information content (AvgIpc) is 2.58. The van der Waals surface area contributed by atoms with Gasteiger partial charge < -0.3 is 10.0 Å². The second kappa shape index (κ2) is 7.73. The number of amides is 1. The first-order valence-corrected chi connectivity index (χ1v) is 7.73. The van der Waals surface area contributed by atoms with Crippen molar-refractivity contribution < 1.29 is 19.1 Å². The summed E-state index contributed by atoms with van der Waals surface area (Å²) in [6, 6.07) is 14.0. The first-order chi connectivity index (χ1) is 11.4. The number of carboxylic acid groups (broad SMARTS) is 1. The second-order valence-corrected chi connectivity index (χ2v) is 5.74. The van der Waals surface area contributed by atoms with Crippen LogP contribution in [0.1, 0.15) is 30.9 Å². The number of carbonyl (C=O) groups excluding carboxylic acids is 1. The van der Waals surface area contributed by atoms with Gasteiger partial charge in [-0.25, -0.2) is 9.18 Å². The fourth-order valence-electron chi connectivity index (χ4n) is 2.49. The maximum Gasteiger partial charge on any atom is 0.326 e. The third-order valence-corrected chi connectivity index (χ3v) is 4.02. The lowest BCUT2D eigenvalue weighted by atomic mass is 9.98. The highest BCUT2D eigenvalue weighted by molar-refractivity contribution is 5.87. The number of rotatable bonds is 6. The molecule has 0 aliphatic rings. The molecular formula is C19H20FNO3. The highest BCUT2D eigenvalue weighted by atomic mass is 19.1. The molecule has 0 aliphatic carbocycles. The monoisotopic (exact) mass is 329 g/mol. The molecule has 0 aliphatic heterocycles. The van der Waals surface area contributed by atoms with E-state index in [9.17, 15) is 19.1 Å². The number of benzene rings is 2. The highest BCUT2D eigenvalue weighted by Crippen LogP contribution is 2.22. The molecule has 0 aromatic heterocycles. The number of hydrogen-bond acceptors (Lipinski definition) is 2. The highest BCUT2D eigenvalue weighted by Gasteiger charge is 2.29. The summed E-state index contributed by atoms with van der Waals surface area (Å²) in [6.45, 7) is 3.32. The van der Waals surface area contributed by atoms with E-state index in [2.05, 4.69) is 0 Å². The van der Waals surface area contributed by atoms with E-state index in [4.69, 9.17) is 0 Å². The van der Waals surface area contributed by atoms with E-state index in [-0.39, 0.29) is 12.5 Å². The van der Waals surface area contributed by atoms with Crippen LogP contribution in [0, 0.1) is 5.82 Å². The summed E-state index contributed by atoms with van der Waals surface area (Å²) in [7, 11) is 0. The van der Waals surface area contributed by atoms with Gasteiger partial charge >= 0.3 is 5.97 Å². The largest absolute Gasteiger partial charge is 0.480 e. The minimum Gasteiger partial charge on any atom is -0.480 e. The molecule has 0 heterocycles. The van der Waals surface area contributed by atoms with Crippen molar-refractivity contribution in [1.29, 1.82) is 0 Å². The van der Waals surface area contributed by atoms with Gasteiger partial charge in [-0.1, -0.05) is 42.5 Å². The predicted molar refractivity (Wildman–Crippen MR) is 88.9 cm³/mol. The zero-order valence-corrected chi connectivity index (χ0v) is 13.6. The van der Waals surface area contributed by atoms with Gasteiger partial charge in [0.1, 0.15) is 11.9 Å².